The topological polar surface area (TPSA) is 149 Å². The van der Waals surface area contributed by atoms with Crippen molar-refractivity contribution >= 4 is 39.6 Å². The Morgan fingerprint density at radius 3 is 2.20 bits per heavy atom. The Labute approximate surface area is 239 Å². The van der Waals surface area contributed by atoms with Crippen LogP contribution in [-0.4, -0.2) is 43.0 Å². The van der Waals surface area contributed by atoms with E-state index in [9.17, 15) is 22.8 Å². The summed E-state index contributed by atoms with van der Waals surface area (Å²) in [6, 6.07) is 9.53. The van der Waals surface area contributed by atoms with E-state index in [0.717, 1.165) is 11.8 Å². The van der Waals surface area contributed by atoms with Crippen molar-refractivity contribution in [2.45, 2.75) is 52.6 Å². The first-order valence-corrected chi connectivity index (χ1v) is 14.6. The second-order valence-corrected chi connectivity index (χ2v) is 13.2. The molecule has 0 atom stereocenters. The third kappa shape index (κ3) is 8.58. The van der Waals surface area contributed by atoms with Crippen LogP contribution in [0.4, 0.5) is 16.2 Å². The summed E-state index contributed by atoms with van der Waals surface area (Å²) in [5.74, 6) is 0.576. The van der Waals surface area contributed by atoms with Gasteiger partial charge in [-0.25, -0.2) is 18.0 Å². The number of H-pyrrole nitrogens is 1. The van der Waals surface area contributed by atoms with E-state index in [0.29, 0.717) is 28.3 Å². The molecule has 1 amide bonds. The summed E-state index contributed by atoms with van der Waals surface area (Å²) >= 11 is 0. The quantitative estimate of drug-likeness (QED) is 0.340. The van der Waals surface area contributed by atoms with Crippen molar-refractivity contribution in [1.29, 1.82) is 0 Å². The van der Waals surface area contributed by atoms with Gasteiger partial charge in [-0.1, -0.05) is 39.0 Å². The maximum atomic E-state index is 12.6. The van der Waals surface area contributed by atoms with Crippen LogP contribution in [-0.2, 0) is 20.2 Å². The van der Waals surface area contributed by atoms with Crippen LogP contribution in [0.2, 0.25) is 0 Å². The smallest absolute Gasteiger partial charge is 0.412 e. The highest BCUT2D eigenvalue weighted by atomic mass is 32.2. The van der Waals surface area contributed by atoms with E-state index in [1.54, 1.807) is 58.2 Å². The standard InChI is InChI=1S/C29H36N4O7S/c1-28(2,3)22-17-21(33-14-13-24(34)31-26(33)35)15-19(25(22)39-7)10-9-18-11-12-20(32-41(8,37)38)16-23(18)30-27(36)40-29(4,5)6/h9-17,32H,1-8H3,(H,30,36)(H,31,34,35). The minimum atomic E-state index is -3.56. The zero-order valence-electron chi connectivity index (χ0n) is 24.4. The van der Waals surface area contributed by atoms with Gasteiger partial charge in [0.25, 0.3) is 5.56 Å². The SMILES string of the molecule is COc1c(C=Cc2ccc(NS(C)(=O)=O)cc2NC(=O)OC(C)(C)C)cc(-n2ccc(=O)[nH]c2=O)cc1C(C)(C)C. The van der Waals surface area contributed by atoms with Gasteiger partial charge in [-0.15, -0.1) is 0 Å². The number of aromatic nitrogens is 2. The third-order valence-electron chi connectivity index (χ3n) is 5.65. The summed E-state index contributed by atoms with van der Waals surface area (Å²) < 4.78 is 38.5. The fourth-order valence-electron chi connectivity index (χ4n) is 3.98. The number of methoxy groups -OCH3 is 1. The Kier molecular flexibility index (Phi) is 8.87. The third-order valence-corrected chi connectivity index (χ3v) is 6.26. The molecule has 220 valence electrons. The molecule has 0 aliphatic carbocycles. The number of carbonyl (C=O) groups is 1. The average Bonchev–Trinajstić information content (AvgIpc) is 2.80. The van der Waals surface area contributed by atoms with Crippen molar-refractivity contribution in [1.82, 2.24) is 9.55 Å². The highest BCUT2D eigenvalue weighted by Crippen LogP contribution is 2.37. The Hall–Kier alpha value is -4.32. The number of amides is 1. The maximum absolute atomic E-state index is 12.6. The van der Waals surface area contributed by atoms with Crippen molar-refractivity contribution in [3.8, 4) is 11.4 Å². The number of anilines is 2. The molecule has 0 unspecified atom stereocenters. The molecule has 0 bridgehead atoms. The number of hydrogen-bond donors (Lipinski definition) is 3. The molecule has 1 aromatic heterocycles. The van der Waals surface area contributed by atoms with Crippen LogP contribution in [0, 0.1) is 0 Å². The second kappa shape index (κ2) is 11.7. The minimum absolute atomic E-state index is 0.253. The molecule has 3 N–H and O–H groups in total. The van der Waals surface area contributed by atoms with Gasteiger partial charge in [-0.05, 0) is 56.0 Å². The van der Waals surface area contributed by atoms with Crippen LogP contribution in [0.25, 0.3) is 17.8 Å². The van der Waals surface area contributed by atoms with Crippen molar-refractivity contribution in [2.24, 2.45) is 0 Å². The number of hydrogen-bond acceptors (Lipinski definition) is 7. The van der Waals surface area contributed by atoms with Gasteiger partial charge < -0.3 is 9.47 Å². The number of nitrogens with one attached hydrogen (secondary N) is 3. The molecular weight excluding hydrogens is 548 g/mol. The molecule has 0 aliphatic rings. The van der Waals surface area contributed by atoms with E-state index in [1.165, 1.54) is 22.9 Å². The van der Waals surface area contributed by atoms with Gasteiger partial charge in [0.1, 0.15) is 11.4 Å². The highest BCUT2D eigenvalue weighted by molar-refractivity contribution is 7.92. The maximum Gasteiger partial charge on any atom is 0.412 e. The predicted molar refractivity (Wildman–Crippen MR) is 162 cm³/mol. The molecule has 0 fully saturated rings. The number of nitrogens with zero attached hydrogens (tertiary/aromatic N) is 1. The van der Waals surface area contributed by atoms with Crippen LogP contribution in [0.15, 0.2) is 52.2 Å². The van der Waals surface area contributed by atoms with E-state index >= 15 is 0 Å². The lowest BCUT2D eigenvalue weighted by Crippen LogP contribution is -2.28. The molecule has 41 heavy (non-hydrogen) atoms. The molecule has 11 nitrogen and oxygen atoms in total. The van der Waals surface area contributed by atoms with E-state index < -0.39 is 33.0 Å². The number of aromatic amines is 1. The Morgan fingerprint density at radius 1 is 0.976 bits per heavy atom. The van der Waals surface area contributed by atoms with Gasteiger partial charge in [-0.2, -0.15) is 0 Å². The fourth-order valence-corrected chi connectivity index (χ4v) is 4.54. The van der Waals surface area contributed by atoms with E-state index in [2.05, 4.69) is 15.0 Å². The zero-order chi connectivity index (χ0) is 30.8. The number of rotatable bonds is 7. The van der Waals surface area contributed by atoms with Crippen molar-refractivity contribution in [2.75, 3.05) is 23.4 Å². The van der Waals surface area contributed by atoms with Gasteiger partial charge in [0, 0.05) is 23.4 Å². The van der Waals surface area contributed by atoms with E-state index in [4.69, 9.17) is 9.47 Å². The summed E-state index contributed by atoms with van der Waals surface area (Å²) in [5.41, 5.74) is 0.819. The van der Waals surface area contributed by atoms with Gasteiger partial charge >= 0.3 is 11.8 Å². The monoisotopic (exact) mass is 584 g/mol. The summed E-state index contributed by atoms with van der Waals surface area (Å²) in [5, 5.41) is 2.69. The van der Waals surface area contributed by atoms with Gasteiger partial charge in [0.2, 0.25) is 10.0 Å². The van der Waals surface area contributed by atoms with Gasteiger partial charge in [0.05, 0.1) is 30.4 Å². The van der Waals surface area contributed by atoms with Crippen LogP contribution >= 0.6 is 0 Å². The molecule has 3 rings (SSSR count). The normalized spacial score (nSPS) is 12.3. The molecule has 0 aliphatic heterocycles. The first-order valence-electron chi connectivity index (χ1n) is 12.7. The van der Waals surface area contributed by atoms with Gasteiger partial charge in [0.15, 0.2) is 0 Å². The zero-order valence-corrected chi connectivity index (χ0v) is 25.2. The first-order chi connectivity index (χ1) is 18.9. The number of benzene rings is 2. The second-order valence-electron chi connectivity index (χ2n) is 11.5. The lowest BCUT2D eigenvalue weighted by molar-refractivity contribution is 0.0636. The summed E-state index contributed by atoms with van der Waals surface area (Å²) in [6.07, 6.45) is 5.20. The lowest BCUT2D eigenvalue weighted by Gasteiger charge is -2.25. The summed E-state index contributed by atoms with van der Waals surface area (Å²) in [7, 11) is -2.01. The minimum Gasteiger partial charge on any atom is -0.496 e. The Morgan fingerprint density at radius 2 is 1.63 bits per heavy atom. The van der Waals surface area contributed by atoms with E-state index in [1.807, 2.05) is 26.8 Å². The highest BCUT2D eigenvalue weighted by Gasteiger charge is 2.23. The van der Waals surface area contributed by atoms with Crippen molar-refractivity contribution in [3.05, 3.63) is 80.1 Å². The molecular formula is C29H36N4O7S. The largest absolute Gasteiger partial charge is 0.496 e. The molecule has 3 aromatic rings. The molecule has 2 aromatic carbocycles. The Bertz CT molecular complexity index is 1710. The first kappa shape index (κ1) is 31.2. The molecule has 0 saturated heterocycles. The van der Waals surface area contributed by atoms with Crippen LogP contribution in [0.1, 0.15) is 58.2 Å². The number of ether oxygens (including phenoxy) is 2. The van der Waals surface area contributed by atoms with Gasteiger partial charge in [-0.3, -0.25) is 24.4 Å². The average molecular weight is 585 g/mol. The van der Waals surface area contributed by atoms with Crippen LogP contribution < -0.4 is 26.0 Å². The number of carbonyl (C=O) groups excluding carboxylic acids is 1. The summed E-state index contributed by atoms with van der Waals surface area (Å²) in [4.78, 5) is 39.1. The molecule has 12 heteroatoms. The predicted octanol–water partition coefficient (Wildman–Crippen LogP) is 4.72. The Balaban J connectivity index is 2.18. The fraction of sp³-hybridized carbons (Fsp3) is 0.345. The molecule has 0 saturated carbocycles. The lowest BCUT2D eigenvalue weighted by atomic mass is 9.84. The molecule has 0 radical (unpaired) electrons. The van der Waals surface area contributed by atoms with Crippen molar-refractivity contribution in [3.63, 3.8) is 0 Å². The van der Waals surface area contributed by atoms with Crippen LogP contribution in [0.5, 0.6) is 5.75 Å². The van der Waals surface area contributed by atoms with Crippen LogP contribution in [0.3, 0.4) is 0 Å². The molecule has 1 heterocycles. The molecule has 0 spiro atoms. The summed E-state index contributed by atoms with van der Waals surface area (Å²) in [6.45, 7) is 11.2. The van der Waals surface area contributed by atoms with Crippen molar-refractivity contribution < 1.29 is 22.7 Å². The number of sulfonamides is 1. The van der Waals surface area contributed by atoms with E-state index in [-0.39, 0.29) is 11.1 Å².